The third kappa shape index (κ3) is 4.19. The summed E-state index contributed by atoms with van der Waals surface area (Å²) in [5.74, 6) is 0. The Hall–Kier alpha value is -0.590. The number of nitrogens with zero attached hydrogens (tertiary/aromatic N) is 2. The molecule has 1 aromatic rings. The summed E-state index contributed by atoms with van der Waals surface area (Å²) in [6.07, 6.45) is 2.10. The highest BCUT2D eigenvalue weighted by atomic mass is 32.2. The van der Waals surface area contributed by atoms with Gasteiger partial charge >= 0.3 is 0 Å². The summed E-state index contributed by atoms with van der Waals surface area (Å²) in [7, 11) is 2.17. The van der Waals surface area contributed by atoms with Crippen LogP contribution < -0.4 is 11.2 Å². The van der Waals surface area contributed by atoms with Crippen LogP contribution in [-0.4, -0.2) is 55.9 Å². The first-order chi connectivity index (χ1) is 9.22. The predicted molar refractivity (Wildman–Crippen MR) is 82.2 cm³/mol. The van der Waals surface area contributed by atoms with Crippen molar-refractivity contribution in [2.24, 2.45) is 5.73 Å². The molecule has 106 valence electrons. The Labute approximate surface area is 120 Å². The van der Waals surface area contributed by atoms with Gasteiger partial charge in [-0.05, 0) is 31.0 Å². The van der Waals surface area contributed by atoms with Gasteiger partial charge in [0.25, 0.3) is 0 Å². The zero-order chi connectivity index (χ0) is 13.7. The SMILES string of the molecule is CSc1ccc(C(CN)NN2CCN(C)CC2)cc1. The molecule has 0 bridgehead atoms. The molecule has 0 amide bonds. The van der Waals surface area contributed by atoms with Crippen LogP contribution in [-0.2, 0) is 0 Å². The fourth-order valence-corrected chi connectivity index (χ4v) is 2.66. The summed E-state index contributed by atoms with van der Waals surface area (Å²) in [6.45, 7) is 4.93. The third-order valence-electron chi connectivity index (χ3n) is 3.60. The van der Waals surface area contributed by atoms with E-state index in [1.165, 1.54) is 10.5 Å². The summed E-state index contributed by atoms with van der Waals surface area (Å²) in [5.41, 5.74) is 10.7. The van der Waals surface area contributed by atoms with E-state index < -0.39 is 0 Å². The second-order valence-electron chi connectivity index (χ2n) is 4.98. The maximum Gasteiger partial charge on any atom is 0.0587 e. The highest BCUT2D eigenvalue weighted by molar-refractivity contribution is 7.98. The minimum atomic E-state index is 0.208. The van der Waals surface area contributed by atoms with Crippen LogP contribution in [0.2, 0.25) is 0 Å². The first kappa shape index (κ1) is 14.8. The molecule has 0 radical (unpaired) electrons. The van der Waals surface area contributed by atoms with Gasteiger partial charge in [-0.2, -0.15) is 0 Å². The number of rotatable bonds is 5. The summed E-state index contributed by atoms with van der Waals surface area (Å²) in [6, 6.07) is 8.88. The highest BCUT2D eigenvalue weighted by Gasteiger charge is 2.17. The van der Waals surface area contributed by atoms with Crippen molar-refractivity contribution >= 4 is 11.8 Å². The second-order valence-corrected chi connectivity index (χ2v) is 5.86. The van der Waals surface area contributed by atoms with Crippen molar-refractivity contribution in [1.29, 1.82) is 0 Å². The molecular weight excluding hydrogens is 256 g/mol. The predicted octanol–water partition coefficient (Wildman–Crippen LogP) is 1.16. The van der Waals surface area contributed by atoms with Gasteiger partial charge in [-0.25, -0.2) is 10.4 Å². The number of benzene rings is 1. The fourth-order valence-electron chi connectivity index (χ4n) is 2.26. The largest absolute Gasteiger partial charge is 0.329 e. The zero-order valence-electron chi connectivity index (χ0n) is 11.8. The molecule has 3 N–H and O–H groups in total. The van der Waals surface area contributed by atoms with Gasteiger partial charge in [0.1, 0.15) is 0 Å². The maximum atomic E-state index is 5.92. The average molecular weight is 280 g/mol. The van der Waals surface area contributed by atoms with Crippen LogP contribution >= 0.6 is 11.8 Å². The lowest BCUT2D eigenvalue weighted by Crippen LogP contribution is -2.52. The molecule has 0 aromatic heterocycles. The molecule has 5 heteroatoms. The Kier molecular flexibility index (Phi) is 5.66. The number of thioether (sulfide) groups is 1. The van der Waals surface area contributed by atoms with Crippen LogP contribution in [0.4, 0.5) is 0 Å². The number of hydrogen-bond donors (Lipinski definition) is 2. The van der Waals surface area contributed by atoms with Crippen LogP contribution in [0.5, 0.6) is 0 Å². The summed E-state index contributed by atoms with van der Waals surface area (Å²) in [4.78, 5) is 3.64. The molecule has 0 aliphatic carbocycles. The van der Waals surface area contributed by atoms with E-state index in [1.54, 1.807) is 11.8 Å². The van der Waals surface area contributed by atoms with E-state index in [9.17, 15) is 0 Å². The van der Waals surface area contributed by atoms with Crippen molar-refractivity contribution in [3.8, 4) is 0 Å². The van der Waals surface area contributed by atoms with Crippen LogP contribution in [0.15, 0.2) is 29.2 Å². The molecule has 4 nitrogen and oxygen atoms in total. The highest BCUT2D eigenvalue weighted by Crippen LogP contribution is 2.19. The molecule has 0 spiro atoms. The first-order valence-electron chi connectivity index (χ1n) is 6.76. The summed E-state index contributed by atoms with van der Waals surface area (Å²) >= 11 is 1.77. The minimum absolute atomic E-state index is 0.208. The van der Waals surface area contributed by atoms with E-state index in [1.807, 2.05) is 0 Å². The lowest BCUT2D eigenvalue weighted by Gasteiger charge is -2.35. The molecule has 19 heavy (non-hydrogen) atoms. The maximum absolute atomic E-state index is 5.92. The van der Waals surface area contributed by atoms with E-state index >= 15 is 0 Å². The quantitative estimate of drug-likeness (QED) is 0.793. The van der Waals surface area contributed by atoms with Crippen LogP contribution in [0.3, 0.4) is 0 Å². The smallest absolute Gasteiger partial charge is 0.0587 e. The van der Waals surface area contributed by atoms with E-state index in [4.69, 9.17) is 5.73 Å². The standard InChI is InChI=1S/C14H24N4S/c1-17-7-9-18(10-8-17)16-14(11-15)12-3-5-13(19-2)6-4-12/h3-6,14,16H,7-11,15H2,1-2H3. The van der Waals surface area contributed by atoms with Gasteiger partial charge in [-0.3, -0.25) is 0 Å². The number of nitrogens with two attached hydrogens (primary N) is 1. The van der Waals surface area contributed by atoms with Gasteiger partial charge in [0.2, 0.25) is 0 Å². The van der Waals surface area contributed by atoms with Gasteiger partial charge < -0.3 is 10.6 Å². The van der Waals surface area contributed by atoms with Gasteiger partial charge in [0.05, 0.1) is 6.04 Å². The van der Waals surface area contributed by atoms with E-state index in [0.29, 0.717) is 6.54 Å². The lowest BCUT2D eigenvalue weighted by atomic mass is 10.1. The van der Waals surface area contributed by atoms with Crippen molar-refractivity contribution in [2.45, 2.75) is 10.9 Å². The van der Waals surface area contributed by atoms with Gasteiger partial charge in [0, 0.05) is 37.6 Å². The molecule has 1 aromatic carbocycles. The second kappa shape index (κ2) is 7.26. The first-order valence-corrected chi connectivity index (χ1v) is 7.99. The van der Waals surface area contributed by atoms with Gasteiger partial charge in [-0.15, -0.1) is 11.8 Å². The summed E-state index contributed by atoms with van der Waals surface area (Å²) in [5, 5.41) is 2.29. The Morgan fingerprint density at radius 1 is 1.21 bits per heavy atom. The number of hydrazine groups is 1. The average Bonchev–Trinajstić information content (AvgIpc) is 2.47. The Balaban J connectivity index is 1.95. The van der Waals surface area contributed by atoms with E-state index in [2.05, 4.69) is 52.9 Å². The molecule has 1 aliphatic heterocycles. The van der Waals surface area contributed by atoms with Crippen molar-refractivity contribution in [2.75, 3.05) is 46.0 Å². The topological polar surface area (TPSA) is 44.5 Å². The van der Waals surface area contributed by atoms with Crippen LogP contribution in [0.25, 0.3) is 0 Å². The monoisotopic (exact) mass is 280 g/mol. The molecule has 1 atom stereocenters. The molecular formula is C14H24N4S. The van der Waals surface area contributed by atoms with Crippen LogP contribution in [0.1, 0.15) is 11.6 Å². The zero-order valence-corrected chi connectivity index (χ0v) is 12.6. The fraction of sp³-hybridized carbons (Fsp3) is 0.571. The van der Waals surface area contributed by atoms with Gasteiger partial charge in [0.15, 0.2) is 0 Å². The molecule has 1 heterocycles. The molecule has 1 saturated heterocycles. The third-order valence-corrected chi connectivity index (χ3v) is 4.34. The molecule has 1 unspecified atom stereocenters. The Bertz CT molecular complexity index is 374. The molecule has 0 saturated carbocycles. The van der Waals surface area contributed by atoms with E-state index in [-0.39, 0.29) is 6.04 Å². The Morgan fingerprint density at radius 2 is 1.84 bits per heavy atom. The molecule has 1 fully saturated rings. The van der Waals surface area contributed by atoms with Crippen molar-refractivity contribution in [3.63, 3.8) is 0 Å². The normalized spacial score (nSPS) is 19.5. The Morgan fingerprint density at radius 3 is 2.37 bits per heavy atom. The van der Waals surface area contributed by atoms with Crippen LogP contribution in [0, 0.1) is 0 Å². The van der Waals surface area contributed by atoms with Crippen molar-refractivity contribution in [3.05, 3.63) is 29.8 Å². The molecule has 1 aliphatic rings. The molecule has 2 rings (SSSR count). The number of hydrogen-bond acceptors (Lipinski definition) is 5. The minimum Gasteiger partial charge on any atom is -0.329 e. The number of likely N-dealkylation sites (N-methyl/N-ethyl adjacent to an activating group) is 1. The lowest BCUT2D eigenvalue weighted by molar-refractivity contribution is 0.0880. The number of piperazine rings is 1. The number of nitrogens with one attached hydrogen (secondary N) is 1. The van der Waals surface area contributed by atoms with Crippen molar-refractivity contribution in [1.82, 2.24) is 15.3 Å². The van der Waals surface area contributed by atoms with Gasteiger partial charge in [-0.1, -0.05) is 12.1 Å². The van der Waals surface area contributed by atoms with Crippen molar-refractivity contribution < 1.29 is 0 Å². The summed E-state index contributed by atoms with van der Waals surface area (Å²) < 4.78 is 0. The van der Waals surface area contributed by atoms with E-state index in [0.717, 1.165) is 26.2 Å².